The third-order valence-electron chi connectivity index (χ3n) is 4.83. The van der Waals surface area contributed by atoms with Gasteiger partial charge in [0.1, 0.15) is 18.4 Å². The van der Waals surface area contributed by atoms with E-state index in [0.29, 0.717) is 17.9 Å². The van der Waals surface area contributed by atoms with Crippen molar-refractivity contribution in [3.05, 3.63) is 69.7 Å². The highest BCUT2D eigenvalue weighted by Crippen LogP contribution is 2.26. The standard InChI is InChI=1S/C25H30BrNO4/c1-16(2)23(24(29)30)27-22(28)13-8-18-14-20(26)11-12-21(18)31-15-17-6-9-19(10-7-17)25(3,4)5/h6-14,16,23H,15H2,1-5H3,(H,27,28)(H,29,30)/b13-8+. The van der Waals surface area contributed by atoms with Crippen molar-refractivity contribution in [1.82, 2.24) is 5.32 Å². The summed E-state index contributed by atoms with van der Waals surface area (Å²) in [5, 5.41) is 11.8. The second-order valence-corrected chi connectivity index (χ2v) is 9.74. The fraction of sp³-hybridized carbons (Fsp3) is 0.360. The normalized spacial score (nSPS) is 12.7. The Labute approximate surface area is 192 Å². The summed E-state index contributed by atoms with van der Waals surface area (Å²) in [5.41, 5.74) is 3.12. The van der Waals surface area contributed by atoms with Gasteiger partial charge in [-0.2, -0.15) is 0 Å². The lowest BCUT2D eigenvalue weighted by molar-refractivity contribution is -0.142. The third-order valence-corrected chi connectivity index (χ3v) is 5.32. The van der Waals surface area contributed by atoms with Crippen molar-refractivity contribution in [1.29, 1.82) is 0 Å². The summed E-state index contributed by atoms with van der Waals surface area (Å²) < 4.78 is 6.84. The van der Waals surface area contributed by atoms with E-state index in [9.17, 15) is 14.7 Å². The highest BCUT2D eigenvalue weighted by atomic mass is 79.9. The first-order valence-corrected chi connectivity index (χ1v) is 11.0. The Balaban J connectivity index is 2.10. The van der Waals surface area contributed by atoms with Crippen LogP contribution in [0.3, 0.4) is 0 Å². The molecule has 166 valence electrons. The molecule has 1 atom stereocenters. The van der Waals surface area contributed by atoms with Crippen LogP contribution in [0.15, 0.2) is 53.0 Å². The number of nitrogens with one attached hydrogen (secondary N) is 1. The molecule has 0 saturated heterocycles. The zero-order valence-corrected chi connectivity index (χ0v) is 20.2. The maximum absolute atomic E-state index is 12.2. The van der Waals surface area contributed by atoms with Crippen molar-refractivity contribution in [3.8, 4) is 5.75 Å². The Morgan fingerprint density at radius 1 is 1.13 bits per heavy atom. The highest BCUT2D eigenvalue weighted by Gasteiger charge is 2.22. The second kappa shape index (κ2) is 10.6. The molecule has 0 aliphatic rings. The topological polar surface area (TPSA) is 75.6 Å². The lowest BCUT2D eigenvalue weighted by atomic mass is 9.87. The molecule has 0 spiro atoms. The number of carbonyl (C=O) groups excluding carboxylic acids is 1. The van der Waals surface area contributed by atoms with Gasteiger partial charge in [0.25, 0.3) is 0 Å². The van der Waals surface area contributed by atoms with Gasteiger partial charge in [0.15, 0.2) is 0 Å². The smallest absolute Gasteiger partial charge is 0.326 e. The van der Waals surface area contributed by atoms with Crippen LogP contribution in [0.1, 0.15) is 51.3 Å². The maximum Gasteiger partial charge on any atom is 0.326 e. The van der Waals surface area contributed by atoms with Crippen LogP contribution in [0.5, 0.6) is 5.75 Å². The van der Waals surface area contributed by atoms with Gasteiger partial charge in [0, 0.05) is 16.1 Å². The number of ether oxygens (including phenoxy) is 1. The van der Waals surface area contributed by atoms with E-state index in [1.165, 1.54) is 11.6 Å². The molecule has 0 aliphatic carbocycles. The number of hydrogen-bond acceptors (Lipinski definition) is 3. The minimum atomic E-state index is -1.05. The zero-order chi connectivity index (χ0) is 23.2. The molecule has 0 fully saturated rings. The lowest BCUT2D eigenvalue weighted by Crippen LogP contribution is -2.43. The lowest BCUT2D eigenvalue weighted by Gasteiger charge is -2.19. The first-order valence-electron chi connectivity index (χ1n) is 10.2. The average Bonchev–Trinajstić information content (AvgIpc) is 2.69. The summed E-state index contributed by atoms with van der Waals surface area (Å²) in [4.78, 5) is 23.5. The molecule has 0 radical (unpaired) electrons. The summed E-state index contributed by atoms with van der Waals surface area (Å²) in [6.07, 6.45) is 2.95. The molecule has 1 amide bonds. The first-order chi connectivity index (χ1) is 14.5. The molecular formula is C25H30BrNO4. The molecule has 6 heteroatoms. The molecule has 1 unspecified atom stereocenters. The Morgan fingerprint density at radius 2 is 1.77 bits per heavy atom. The zero-order valence-electron chi connectivity index (χ0n) is 18.6. The van der Waals surface area contributed by atoms with Crippen molar-refractivity contribution in [3.63, 3.8) is 0 Å². The number of halogens is 1. The quantitative estimate of drug-likeness (QED) is 0.477. The number of benzene rings is 2. The van der Waals surface area contributed by atoms with Gasteiger partial charge in [-0.15, -0.1) is 0 Å². The number of aliphatic carboxylic acids is 1. The molecule has 0 saturated carbocycles. The van der Waals surface area contributed by atoms with E-state index in [1.54, 1.807) is 19.9 Å². The van der Waals surface area contributed by atoms with E-state index in [2.05, 4.69) is 66.3 Å². The van der Waals surface area contributed by atoms with Gasteiger partial charge in [0.05, 0.1) is 0 Å². The summed E-state index contributed by atoms with van der Waals surface area (Å²) in [5.74, 6) is -1.11. The monoisotopic (exact) mass is 487 g/mol. The van der Waals surface area contributed by atoms with E-state index in [0.717, 1.165) is 10.0 Å². The van der Waals surface area contributed by atoms with Gasteiger partial charge < -0.3 is 15.2 Å². The van der Waals surface area contributed by atoms with E-state index < -0.39 is 17.9 Å². The molecular weight excluding hydrogens is 458 g/mol. The number of amides is 1. The van der Waals surface area contributed by atoms with Gasteiger partial charge >= 0.3 is 5.97 Å². The van der Waals surface area contributed by atoms with Crippen molar-refractivity contribution in [2.24, 2.45) is 5.92 Å². The van der Waals surface area contributed by atoms with Crippen LogP contribution in [0.4, 0.5) is 0 Å². The highest BCUT2D eigenvalue weighted by molar-refractivity contribution is 9.10. The number of carboxylic acids is 1. The summed E-state index contributed by atoms with van der Waals surface area (Å²) >= 11 is 3.44. The number of rotatable bonds is 8. The predicted molar refractivity (Wildman–Crippen MR) is 127 cm³/mol. The molecule has 0 aliphatic heterocycles. The summed E-state index contributed by atoms with van der Waals surface area (Å²) in [7, 11) is 0. The van der Waals surface area contributed by atoms with Gasteiger partial charge in [-0.05, 0) is 46.7 Å². The van der Waals surface area contributed by atoms with Crippen LogP contribution >= 0.6 is 15.9 Å². The second-order valence-electron chi connectivity index (χ2n) is 8.82. The van der Waals surface area contributed by atoms with Crippen LogP contribution in [0.2, 0.25) is 0 Å². The Morgan fingerprint density at radius 3 is 2.32 bits per heavy atom. The average molecular weight is 488 g/mol. The molecule has 2 rings (SSSR count). The minimum Gasteiger partial charge on any atom is -0.488 e. The number of carbonyl (C=O) groups is 2. The van der Waals surface area contributed by atoms with Gasteiger partial charge in [-0.25, -0.2) is 4.79 Å². The Hall–Kier alpha value is -2.60. The largest absolute Gasteiger partial charge is 0.488 e. The molecule has 2 N–H and O–H groups in total. The molecule has 0 heterocycles. The molecule has 2 aromatic carbocycles. The van der Waals surface area contributed by atoms with Crippen LogP contribution in [-0.4, -0.2) is 23.0 Å². The molecule has 31 heavy (non-hydrogen) atoms. The summed E-state index contributed by atoms with van der Waals surface area (Å²) in [6, 6.07) is 12.9. The minimum absolute atomic E-state index is 0.0961. The van der Waals surface area contributed by atoms with E-state index in [4.69, 9.17) is 4.74 Å². The number of hydrogen-bond donors (Lipinski definition) is 2. The predicted octanol–water partition coefficient (Wildman–Crippen LogP) is 5.56. The Kier molecular flexibility index (Phi) is 8.45. The maximum atomic E-state index is 12.2. The molecule has 0 aromatic heterocycles. The van der Waals surface area contributed by atoms with Crippen molar-refractivity contribution >= 4 is 33.9 Å². The van der Waals surface area contributed by atoms with Crippen LogP contribution < -0.4 is 10.1 Å². The van der Waals surface area contributed by atoms with Crippen LogP contribution in [-0.2, 0) is 21.6 Å². The number of carboxylic acid groups (broad SMARTS) is 1. The molecule has 2 aromatic rings. The molecule has 5 nitrogen and oxygen atoms in total. The third kappa shape index (κ3) is 7.55. The van der Waals surface area contributed by atoms with Crippen molar-refractivity contribution in [2.45, 2.75) is 52.7 Å². The van der Waals surface area contributed by atoms with E-state index >= 15 is 0 Å². The van der Waals surface area contributed by atoms with Gasteiger partial charge in [0.2, 0.25) is 5.91 Å². The fourth-order valence-corrected chi connectivity index (χ4v) is 3.30. The fourth-order valence-electron chi connectivity index (χ4n) is 2.92. The molecule has 0 bridgehead atoms. The van der Waals surface area contributed by atoms with Crippen molar-refractivity contribution in [2.75, 3.05) is 0 Å². The summed E-state index contributed by atoms with van der Waals surface area (Å²) in [6.45, 7) is 10.4. The van der Waals surface area contributed by atoms with Crippen LogP contribution in [0.25, 0.3) is 6.08 Å². The van der Waals surface area contributed by atoms with Gasteiger partial charge in [-0.3, -0.25) is 4.79 Å². The van der Waals surface area contributed by atoms with E-state index in [-0.39, 0.29) is 11.3 Å². The van der Waals surface area contributed by atoms with Gasteiger partial charge in [-0.1, -0.05) is 74.8 Å². The van der Waals surface area contributed by atoms with Crippen molar-refractivity contribution < 1.29 is 19.4 Å². The Bertz CT molecular complexity index is 943. The SMILES string of the molecule is CC(C)C(NC(=O)/C=C/c1cc(Br)ccc1OCc1ccc(C(C)(C)C)cc1)C(=O)O. The van der Waals surface area contributed by atoms with E-state index in [1.807, 2.05) is 18.2 Å². The first kappa shape index (κ1) is 24.7. The van der Waals surface area contributed by atoms with Crippen LogP contribution in [0, 0.1) is 5.92 Å².